The van der Waals surface area contributed by atoms with Gasteiger partial charge in [-0.1, -0.05) is 18.2 Å². The van der Waals surface area contributed by atoms with E-state index in [0.717, 1.165) is 42.7 Å². The summed E-state index contributed by atoms with van der Waals surface area (Å²) in [6.07, 6.45) is 3.86. The second kappa shape index (κ2) is 8.97. The van der Waals surface area contributed by atoms with Crippen LogP contribution in [0.2, 0.25) is 0 Å². The molecule has 156 valence electrons. The lowest BCUT2D eigenvalue weighted by Crippen LogP contribution is -2.29. The number of amides is 1. The molecular formula is C22H28N2O4S. The lowest BCUT2D eigenvalue weighted by molar-refractivity contribution is -0.118. The molecular weight excluding hydrogens is 388 g/mol. The van der Waals surface area contributed by atoms with Crippen LogP contribution in [0.5, 0.6) is 5.75 Å². The molecule has 6 nitrogen and oxygen atoms in total. The number of benzene rings is 2. The van der Waals surface area contributed by atoms with Crippen molar-refractivity contribution in [2.75, 3.05) is 32.6 Å². The maximum absolute atomic E-state index is 12.7. The molecule has 0 saturated carbocycles. The van der Waals surface area contributed by atoms with Crippen molar-refractivity contribution in [1.29, 1.82) is 0 Å². The zero-order valence-electron chi connectivity index (χ0n) is 17.2. The van der Waals surface area contributed by atoms with Crippen molar-refractivity contribution in [3.8, 4) is 5.75 Å². The lowest BCUT2D eigenvalue weighted by atomic mass is 10.1. The average molecular weight is 417 g/mol. The molecule has 3 rings (SSSR count). The Labute approximate surface area is 173 Å². The number of carbonyl (C=O) groups is 1. The molecule has 0 saturated heterocycles. The molecule has 0 bridgehead atoms. The predicted octanol–water partition coefficient (Wildman–Crippen LogP) is 3.25. The minimum absolute atomic E-state index is 0.0536. The number of rotatable bonds is 8. The second-order valence-corrected chi connectivity index (χ2v) is 9.58. The highest BCUT2D eigenvalue weighted by Gasteiger charge is 2.27. The normalized spacial score (nSPS) is 13.6. The fraction of sp³-hybridized carbons (Fsp3) is 0.409. The number of sulfonamides is 1. The quantitative estimate of drug-likeness (QED) is 0.620. The number of nitrogens with zero attached hydrogens (tertiary/aromatic N) is 2. The summed E-state index contributed by atoms with van der Waals surface area (Å²) >= 11 is 0. The topological polar surface area (TPSA) is 66.9 Å². The average Bonchev–Trinajstić information content (AvgIpc) is 3.14. The molecule has 2 aromatic rings. The Balaban J connectivity index is 1.59. The second-order valence-electron chi connectivity index (χ2n) is 7.43. The fourth-order valence-electron chi connectivity index (χ4n) is 3.52. The highest BCUT2D eigenvalue weighted by molar-refractivity contribution is 7.89. The van der Waals surface area contributed by atoms with E-state index in [4.69, 9.17) is 4.74 Å². The lowest BCUT2D eigenvalue weighted by Gasteiger charge is -2.19. The Morgan fingerprint density at radius 3 is 2.48 bits per heavy atom. The number of ether oxygens (including phenoxy) is 1. The molecule has 1 heterocycles. The summed E-state index contributed by atoms with van der Waals surface area (Å²) in [5, 5.41) is 0. The summed E-state index contributed by atoms with van der Waals surface area (Å²) in [6.45, 7) is 0.609. The van der Waals surface area contributed by atoms with Crippen molar-refractivity contribution in [3.05, 3.63) is 53.6 Å². The van der Waals surface area contributed by atoms with Gasteiger partial charge in [-0.15, -0.1) is 0 Å². The molecule has 0 aliphatic carbocycles. The Bertz CT molecular complexity index is 969. The number of methoxy groups -OCH3 is 1. The Hall–Kier alpha value is -2.38. The van der Waals surface area contributed by atoms with E-state index in [9.17, 15) is 13.2 Å². The van der Waals surface area contributed by atoms with E-state index in [1.807, 2.05) is 30.3 Å². The highest BCUT2D eigenvalue weighted by Crippen LogP contribution is 2.32. The summed E-state index contributed by atoms with van der Waals surface area (Å²) in [6, 6.07) is 13.1. The molecule has 0 fully saturated rings. The fourth-order valence-corrected chi connectivity index (χ4v) is 4.44. The van der Waals surface area contributed by atoms with Gasteiger partial charge in [-0.2, -0.15) is 0 Å². The van der Waals surface area contributed by atoms with Gasteiger partial charge in [0.05, 0.1) is 12.0 Å². The zero-order chi connectivity index (χ0) is 21.0. The van der Waals surface area contributed by atoms with Crippen LogP contribution in [0.3, 0.4) is 0 Å². The molecule has 7 heteroatoms. The van der Waals surface area contributed by atoms with E-state index >= 15 is 0 Å². The number of hydrogen-bond donors (Lipinski definition) is 0. The third-order valence-corrected chi connectivity index (χ3v) is 7.11. The maximum atomic E-state index is 12.7. The van der Waals surface area contributed by atoms with Crippen molar-refractivity contribution >= 4 is 21.6 Å². The number of anilines is 1. The molecule has 1 amide bonds. The molecule has 2 aromatic carbocycles. The van der Waals surface area contributed by atoms with Gasteiger partial charge in [0.25, 0.3) is 0 Å². The van der Waals surface area contributed by atoms with Gasteiger partial charge < -0.3 is 9.64 Å². The van der Waals surface area contributed by atoms with Crippen LogP contribution in [0.15, 0.2) is 47.4 Å². The van der Waals surface area contributed by atoms with Crippen molar-refractivity contribution < 1.29 is 17.9 Å². The molecule has 0 atom stereocenters. The van der Waals surface area contributed by atoms with Crippen LogP contribution in [0.1, 0.15) is 30.4 Å². The molecule has 0 unspecified atom stereocenters. The number of carbonyl (C=O) groups excluding carboxylic acids is 1. The number of aryl methyl sites for hydroxylation is 1. The zero-order valence-corrected chi connectivity index (χ0v) is 18.0. The largest absolute Gasteiger partial charge is 0.497 e. The standard InChI is InChI=1S/C22H28N2O4S/c1-23(2)29(26,27)20-13-10-18-14-15-24(21(18)16-20)22(25)7-5-4-6-17-8-11-19(28-3)12-9-17/h8-13,16H,4-7,14-15H2,1-3H3. The Morgan fingerprint density at radius 2 is 1.83 bits per heavy atom. The Morgan fingerprint density at radius 1 is 1.10 bits per heavy atom. The SMILES string of the molecule is COc1ccc(CCCCC(=O)N2CCc3ccc(S(=O)(=O)N(C)C)cc32)cc1. The van der Waals surface area contributed by atoms with Gasteiger partial charge in [-0.05, 0) is 61.1 Å². The van der Waals surface area contributed by atoms with Crippen molar-refractivity contribution in [1.82, 2.24) is 4.31 Å². The third-order valence-electron chi connectivity index (χ3n) is 5.30. The first-order chi connectivity index (χ1) is 13.8. The van der Waals surface area contributed by atoms with Gasteiger partial charge in [0, 0.05) is 32.7 Å². The van der Waals surface area contributed by atoms with Gasteiger partial charge in [0.1, 0.15) is 5.75 Å². The van der Waals surface area contributed by atoms with Gasteiger partial charge >= 0.3 is 0 Å². The van der Waals surface area contributed by atoms with E-state index in [2.05, 4.69) is 0 Å². The van der Waals surface area contributed by atoms with E-state index < -0.39 is 10.0 Å². The number of unbranched alkanes of at least 4 members (excludes halogenated alkanes) is 1. The smallest absolute Gasteiger partial charge is 0.242 e. The summed E-state index contributed by atoms with van der Waals surface area (Å²) in [4.78, 5) is 14.7. The number of hydrogen-bond acceptors (Lipinski definition) is 4. The van der Waals surface area contributed by atoms with E-state index in [1.54, 1.807) is 24.1 Å². The third kappa shape index (κ3) is 4.79. The van der Waals surface area contributed by atoms with Crippen LogP contribution in [-0.4, -0.2) is 46.4 Å². The first-order valence-corrected chi connectivity index (χ1v) is 11.3. The van der Waals surface area contributed by atoms with Crippen LogP contribution in [0, 0.1) is 0 Å². The minimum Gasteiger partial charge on any atom is -0.497 e. The van der Waals surface area contributed by atoms with Crippen molar-refractivity contribution in [3.63, 3.8) is 0 Å². The first-order valence-electron chi connectivity index (χ1n) is 9.81. The summed E-state index contributed by atoms with van der Waals surface area (Å²) < 4.78 is 31.2. The molecule has 1 aliphatic heterocycles. The molecule has 1 aliphatic rings. The van der Waals surface area contributed by atoms with E-state index in [-0.39, 0.29) is 10.8 Å². The van der Waals surface area contributed by atoms with Crippen molar-refractivity contribution in [2.45, 2.75) is 37.0 Å². The monoisotopic (exact) mass is 416 g/mol. The molecule has 29 heavy (non-hydrogen) atoms. The highest BCUT2D eigenvalue weighted by atomic mass is 32.2. The van der Waals surface area contributed by atoms with Crippen LogP contribution in [0.4, 0.5) is 5.69 Å². The molecule has 0 spiro atoms. The molecule has 0 N–H and O–H groups in total. The van der Waals surface area contributed by atoms with E-state index in [1.165, 1.54) is 24.0 Å². The van der Waals surface area contributed by atoms with Gasteiger partial charge in [-0.3, -0.25) is 4.79 Å². The first kappa shape index (κ1) is 21.3. The maximum Gasteiger partial charge on any atom is 0.242 e. The number of fused-ring (bicyclic) bond motifs is 1. The molecule has 0 aromatic heterocycles. The van der Waals surface area contributed by atoms with Crippen LogP contribution >= 0.6 is 0 Å². The Kier molecular flexibility index (Phi) is 6.59. The molecule has 0 radical (unpaired) electrons. The van der Waals surface area contributed by atoms with Crippen LogP contribution in [-0.2, 0) is 27.7 Å². The summed E-state index contributed by atoms with van der Waals surface area (Å²) in [5.74, 6) is 0.894. The van der Waals surface area contributed by atoms with E-state index in [0.29, 0.717) is 13.0 Å². The van der Waals surface area contributed by atoms with Crippen LogP contribution in [0.25, 0.3) is 0 Å². The van der Waals surface area contributed by atoms with Crippen molar-refractivity contribution in [2.24, 2.45) is 0 Å². The summed E-state index contributed by atoms with van der Waals surface area (Å²) in [5.41, 5.74) is 2.98. The van der Waals surface area contributed by atoms with Gasteiger partial charge in [0.15, 0.2) is 0 Å². The predicted molar refractivity (Wildman–Crippen MR) is 114 cm³/mol. The van der Waals surface area contributed by atoms with Gasteiger partial charge in [0.2, 0.25) is 15.9 Å². The summed E-state index contributed by atoms with van der Waals surface area (Å²) in [7, 11) is 1.15. The van der Waals surface area contributed by atoms with Gasteiger partial charge in [-0.25, -0.2) is 12.7 Å². The minimum atomic E-state index is -3.52. The van der Waals surface area contributed by atoms with Crippen LogP contribution < -0.4 is 9.64 Å².